The molecule has 0 heterocycles. The lowest BCUT2D eigenvalue weighted by molar-refractivity contribution is 0.593. The van der Waals surface area contributed by atoms with E-state index in [0.29, 0.717) is 0 Å². The maximum Gasteiger partial charge on any atom is 0.0314 e. The molecule has 0 unspecified atom stereocenters. The molecule has 0 bridgehead atoms. The zero-order valence-corrected chi connectivity index (χ0v) is 23.3. The third-order valence-corrected chi connectivity index (χ3v) is 7.74. The lowest BCUT2D eigenvalue weighted by Gasteiger charge is -2.10. The molecule has 198 valence electrons. The summed E-state index contributed by atoms with van der Waals surface area (Å²) in [4.78, 5) is 0. The van der Waals surface area contributed by atoms with E-state index in [9.17, 15) is 0 Å². The van der Waals surface area contributed by atoms with Crippen LogP contribution in [0.4, 0.5) is 11.4 Å². The highest BCUT2D eigenvalue weighted by molar-refractivity contribution is 5.43. The van der Waals surface area contributed by atoms with Gasteiger partial charge < -0.3 is 11.5 Å². The van der Waals surface area contributed by atoms with Crippen LogP contribution in [0.15, 0.2) is 84.9 Å². The molecule has 0 atom stereocenters. The first-order valence-corrected chi connectivity index (χ1v) is 14.3. The molecule has 4 N–H and O–H groups in total. The highest BCUT2D eigenvalue weighted by atomic mass is 14.5. The van der Waals surface area contributed by atoms with Gasteiger partial charge in [-0.3, -0.25) is 0 Å². The van der Waals surface area contributed by atoms with Crippen molar-refractivity contribution in [3.63, 3.8) is 0 Å². The molecule has 0 radical (unpaired) electrons. The molecule has 0 aromatic heterocycles. The predicted octanol–water partition coefficient (Wildman–Crippen LogP) is 8.78. The average Bonchev–Trinajstić information content (AvgIpc) is 2.91. The first kappa shape index (κ1) is 27.5. The van der Waals surface area contributed by atoms with Gasteiger partial charge in [0.1, 0.15) is 0 Å². The fourth-order valence-electron chi connectivity index (χ4n) is 5.30. The number of anilines is 2. The second-order valence-corrected chi connectivity index (χ2v) is 11.0. The highest BCUT2D eigenvalue weighted by Gasteiger charge is 2.04. The van der Waals surface area contributed by atoms with Crippen LogP contribution < -0.4 is 11.5 Å². The fourth-order valence-corrected chi connectivity index (χ4v) is 5.30. The summed E-state index contributed by atoms with van der Waals surface area (Å²) in [7, 11) is 0. The Hall–Kier alpha value is -3.52. The van der Waals surface area contributed by atoms with Crippen molar-refractivity contribution in [1.82, 2.24) is 0 Å². The van der Waals surface area contributed by atoms with Crippen molar-refractivity contribution in [1.29, 1.82) is 0 Å². The Morgan fingerprint density at radius 2 is 0.763 bits per heavy atom. The monoisotopic (exact) mass is 504 g/mol. The molecule has 0 saturated carbocycles. The van der Waals surface area contributed by atoms with Gasteiger partial charge in [0.15, 0.2) is 0 Å². The second kappa shape index (κ2) is 13.9. The lowest BCUT2D eigenvalue weighted by atomic mass is 9.96. The van der Waals surface area contributed by atoms with Gasteiger partial charge in [0.25, 0.3) is 0 Å². The first-order valence-electron chi connectivity index (χ1n) is 14.3. The van der Waals surface area contributed by atoms with Crippen LogP contribution in [0.25, 0.3) is 0 Å². The van der Waals surface area contributed by atoms with Gasteiger partial charge in [0.2, 0.25) is 0 Å². The van der Waals surface area contributed by atoms with Gasteiger partial charge in [-0.05, 0) is 121 Å². The Morgan fingerprint density at radius 3 is 1.13 bits per heavy atom. The zero-order chi connectivity index (χ0) is 26.7. The van der Waals surface area contributed by atoms with Gasteiger partial charge in [0.05, 0.1) is 0 Å². The van der Waals surface area contributed by atoms with E-state index in [4.69, 9.17) is 11.5 Å². The molecule has 4 aromatic carbocycles. The molecule has 0 aliphatic heterocycles. The van der Waals surface area contributed by atoms with Gasteiger partial charge in [-0.2, -0.15) is 0 Å². The van der Waals surface area contributed by atoms with E-state index < -0.39 is 0 Å². The largest absolute Gasteiger partial charge is 0.399 e. The second-order valence-electron chi connectivity index (χ2n) is 11.0. The van der Waals surface area contributed by atoms with Gasteiger partial charge in [-0.1, -0.05) is 86.3 Å². The molecule has 4 aromatic rings. The summed E-state index contributed by atoms with van der Waals surface area (Å²) < 4.78 is 0. The van der Waals surface area contributed by atoms with Crippen LogP contribution in [0.2, 0.25) is 0 Å². The van der Waals surface area contributed by atoms with Crippen molar-refractivity contribution < 1.29 is 0 Å². The zero-order valence-electron chi connectivity index (χ0n) is 23.3. The average molecular weight is 505 g/mol. The van der Waals surface area contributed by atoms with Crippen LogP contribution in [0.5, 0.6) is 0 Å². The number of nitrogen functional groups attached to an aromatic ring is 2. The van der Waals surface area contributed by atoms with Crippen LogP contribution in [-0.2, 0) is 25.7 Å². The quantitative estimate of drug-likeness (QED) is 0.141. The summed E-state index contributed by atoms with van der Waals surface area (Å²) in [5.74, 6) is 0. The normalized spacial score (nSPS) is 11.1. The van der Waals surface area contributed by atoms with Crippen LogP contribution in [-0.4, -0.2) is 0 Å². The van der Waals surface area contributed by atoms with Gasteiger partial charge >= 0.3 is 0 Å². The molecule has 38 heavy (non-hydrogen) atoms. The third kappa shape index (κ3) is 8.52. The number of benzene rings is 4. The minimum Gasteiger partial charge on any atom is -0.399 e. The molecule has 0 aliphatic carbocycles. The van der Waals surface area contributed by atoms with Gasteiger partial charge in [-0.25, -0.2) is 0 Å². The smallest absolute Gasteiger partial charge is 0.0314 e. The SMILES string of the molecule is Cc1cc(CCCCCCCCc2ccc(Cc3ccc(N)cc3)c(C)c2)ccc1Cc1ccc(N)cc1. The minimum absolute atomic E-state index is 0.826. The molecular weight excluding hydrogens is 460 g/mol. The van der Waals surface area contributed by atoms with Crippen LogP contribution in [0, 0.1) is 13.8 Å². The summed E-state index contributed by atoms with van der Waals surface area (Å²) in [5.41, 5.74) is 24.5. The van der Waals surface area contributed by atoms with Crippen molar-refractivity contribution in [2.24, 2.45) is 0 Å². The van der Waals surface area contributed by atoms with E-state index in [1.54, 1.807) is 0 Å². The van der Waals surface area contributed by atoms with E-state index in [-0.39, 0.29) is 0 Å². The Kier molecular flexibility index (Phi) is 10.0. The van der Waals surface area contributed by atoms with Crippen LogP contribution in [0.1, 0.15) is 83.0 Å². The molecule has 0 aliphatic rings. The molecule has 4 rings (SSSR count). The maximum atomic E-state index is 5.82. The number of aryl methyl sites for hydroxylation is 4. The lowest BCUT2D eigenvalue weighted by Crippen LogP contribution is -1.95. The molecule has 0 spiro atoms. The Morgan fingerprint density at radius 1 is 0.421 bits per heavy atom. The summed E-state index contributed by atoms with van der Waals surface area (Å²) in [6.07, 6.45) is 12.2. The summed E-state index contributed by atoms with van der Waals surface area (Å²) >= 11 is 0. The highest BCUT2D eigenvalue weighted by Crippen LogP contribution is 2.20. The van der Waals surface area contributed by atoms with Gasteiger partial charge in [-0.15, -0.1) is 0 Å². The molecule has 2 nitrogen and oxygen atoms in total. The van der Waals surface area contributed by atoms with Crippen LogP contribution in [0.3, 0.4) is 0 Å². The number of rotatable bonds is 13. The van der Waals surface area contributed by atoms with E-state index in [1.807, 2.05) is 24.3 Å². The van der Waals surface area contributed by atoms with E-state index in [2.05, 4.69) is 74.5 Å². The Labute approximate surface area is 230 Å². The summed E-state index contributed by atoms with van der Waals surface area (Å²) in [6.45, 7) is 4.48. The minimum atomic E-state index is 0.826. The fraction of sp³-hybridized carbons (Fsp3) is 0.333. The van der Waals surface area contributed by atoms with E-state index in [0.717, 1.165) is 24.2 Å². The number of unbranched alkanes of at least 4 members (excludes halogenated alkanes) is 5. The maximum absolute atomic E-state index is 5.82. The molecule has 0 fully saturated rings. The number of hydrogen-bond acceptors (Lipinski definition) is 2. The Bertz CT molecular complexity index is 1180. The predicted molar refractivity (Wildman–Crippen MR) is 165 cm³/mol. The van der Waals surface area contributed by atoms with Crippen LogP contribution >= 0.6 is 0 Å². The molecular formula is C36H44N2. The van der Waals surface area contributed by atoms with Gasteiger partial charge in [0, 0.05) is 11.4 Å². The van der Waals surface area contributed by atoms with E-state index >= 15 is 0 Å². The van der Waals surface area contributed by atoms with Crippen molar-refractivity contribution in [2.45, 2.75) is 78.1 Å². The summed E-state index contributed by atoms with van der Waals surface area (Å²) in [6, 6.07) is 30.5. The molecule has 0 amide bonds. The standard InChI is InChI=1S/C36H44N2/c1-27-23-29(11-17-33(27)25-31-13-19-35(37)20-14-31)9-7-5-3-4-6-8-10-30-12-18-34(28(2)24-30)26-32-15-21-36(38)22-16-32/h11-24H,3-10,25-26,37-38H2,1-2H3. The first-order chi connectivity index (χ1) is 18.5. The number of hydrogen-bond donors (Lipinski definition) is 2. The Balaban J connectivity index is 1.10. The van der Waals surface area contributed by atoms with Crippen molar-refractivity contribution in [3.05, 3.63) is 129 Å². The van der Waals surface area contributed by atoms with Crippen molar-refractivity contribution in [2.75, 3.05) is 11.5 Å². The van der Waals surface area contributed by atoms with Crippen molar-refractivity contribution in [3.8, 4) is 0 Å². The molecule has 2 heteroatoms. The summed E-state index contributed by atoms with van der Waals surface area (Å²) in [5, 5.41) is 0. The topological polar surface area (TPSA) is 52.0 Å². The van der Waals surface area contributed by atoms with E-state index in [1.165, 1.54) is 95.9 Å². The molecule has 0 saturated heterocycles. The van der Waals surface area contributed by atoms with Crippen molar-refractivity contribution >= 4 is 11.4 Å². The number of nitrogens with two attached hydrogens (primary N) is 2. The third-order valence-electron chi connectivity index (χ3n) is 7.74.